The SMILES string of the molecule is [Cl-].[Cl-].[Pd+2].c1cnc2c(c1)ccc1ncccc12. The smallest absolute Gasteiger partial charge is 1.00 e. The summed E-state index contributed by atoms with van der Waals surface area (Å²) in [6, 6.07) is 12.1. The molecule has 1 aromatic carbocycles. The van der Waals surface area contributed by atoms with E-state index in [0.717, 1.165) is 21.8 Å². The molecule has 90 valence electrons. The second kappa shape index (κ2) is 6.88. The van der Waals surface area contributed by atoms with E-state index in [0.29, 0.717) is 0 Å². The number of rotatable bonds is 0. The molecule has 3 rings (SSSR count). The fourth-order valence-electron chi connectivity index (χ4n) is 1.70. The van der Waals surface area contributed by atoms with Crippen LogP contribution in [0, 0.1) is 0 Å². The summed E-state index contributed by atoms with van der Waals surface area (Å²) in [4.78, 5) is 8.66. The Morgan fingerprint density at radius 2 is 1.47 bits per heavy atom. The van der Waals surface area contributed by atoms with Crippen LogP contribution in [0.4, 0.5) is 0 Å². The minimum Gasteiger partial charge on any atom is -1.00 e. The molecule has 0 radical (unpaired) electrons. The molecule has 0 aliphatic carbocycles. The van der Waals surface area contributed by atoms with Crippen molar-refractivity contribution in [2.24, 2.45) is 0 Å². The second-order valence-electron chi connectivity index (χ2n) is 3.21. The first-order valence-electron chi connectivity index (χ1n) is 4.53. The van der Waals surface area contributed by atoms with Crippen LogP contribution in [0.25, 0.3) is 21.8 Å². The molecule has 2 aromatic heterocycles. The third-order valence-corrected chi connectivity index (χ3v) is 2.35. The predicted molar refractivity (Wildman–Crippen MR) is 57.0 cm³/mol. The van der Waals surface area contributed by atoms with E-state index < -0.39 is 0 Å². The Labute approximate surface area is 125 Å². The Kier molecular flexibility index (Phi) is 6.59. The summed E-state index contributed by atoms with van der Waals surface area (Å²) in [5.41, 5.74) is 2.02. The zero-order valence-corrected chi connectivity index (χ0v) is 11.7. The number of fused-ring (bicyclic) bond motifs is 3. The van der Waals surface area contributed by atoms with Gasteiger partial charge >= 0.3 is 20.4 Å². The number of nitrogens with zero attached hydrogens (tertiary/aromatic N) is 2. The Morgan fingerprint density at radius 3 is 2.29 bits per heavy atom. The van der Waals surface area contributed by atoms with Gasteiger partial charge in [-0.2, -0.15) is 0 Å². The minimum atomic E-state index is 0. The van der Waals surface area contributed by atoms with Gasteiger partial charge in [-0.05, 0) is 24.3 Å². The van der Waals surface area contributed by atoms with Crippen LogP contribution >= 0.6 is 0 Å². The topological polar surface area (TPSA) is 25.8 Å². The number of pyridine rings is 2. The van der Waals surface area contributed by atoms with Crippen molar-refractivity contribution >= 4 is 21.8 Å². The fraction of sp³-hybridized carbons (Fsp3) is 0. The van der Waals surface area contributed by atoms with Crippen molar-refractivity contribution in [3.63, 3.8) is 0 Å². The maximum atomic E-state index is 4.37. The van der Waals surface area contributed by atoms with Crippen LogP contribution in [0.5, 0.6) is 0 Å². The minimum absolute atomic E-state index is 0. The van der Waals surface area contributed by atoms with Gasteiger partial charge in [-0.25, -0.2) is 0 Å². The average Bonchev–Trinajstić information content (AvgIpc) is 2.29. The van der Waals surface area contributed by atoms with Gasteiger partial charge in [0, 0.05) is 23.2 Å². The van der Waals surface area contributed by atoms with E-state index in [1.54, 1.807) is 6.20 Å². The molecule has 17 heavy (non-hydrogen) atoms. The van der Waals surface area contributed by atoms with Gasteiger partial charge in [0.25, 0.3) is 0 Å². The first-order chi connectivity index (χ1) is 6.95. The van der Waals surface area contributed by atoms with Crippen molar-refractivity contribution in [3.05, 3.63) is 48.8 Å². The summed E-state index contributed by atoms with van der Waals surface area (Å²) in [5, 5.41) is 2.28. The molecular formula is C12H8Cl2N2Pd. The number of benzene rings is 1. The van der Waals surface area contributed by atoms with E-state index in [-0.39, 0.29) is 45.2 Å². The van der Waals surface area contributed by atoms with Crippen molar-refractivity contribution in [3.8, 4) is 0 Å². The quantitative estimate of drug-likeness (QED) is 0.313. The molecule has 0 saturated carbocycles. The van der Waals surface area contributed by atoms with Crippen LogP contribution in [0.1, 0.15) is 0 Å². The summed E-state index contributed by atoms with van der Waals surface area (Å²) in [6.07, 6.45) is 3.62. The van der Waals surface area contributed by atoms with Gasteiger partial charge in [-0.1, -0.05) is 12.1 Å². The van der Waals surface area contributed by atoms with Gasteiger partial charge in [0.05, 0.1) is 11.0 Å². The van der Waals surface area contributed by atoms with Gasteiger partial charge in [-0.15, -0.1) is 0 Å². The molecule has 0 unspecified atom stereocenters. The molecule has 2 nitrogen and oxygen atoms in total. The van der Waals surface area contributed by atoms with Crippen LogP contribution < -0.4 is 24.8 Å². The number of aromatic nitrogens is 2. The maximum absolute atomic E-state index is 4.37. The molecule has 0 amide bonds. The summed E-state index contributed by atoms with van der Waals surface area (Å²) < 4.78 is 0. The predicted octanol–water partition coefficient (Wildman–Crippen LogP) is -3.21. The van der Waals surface area contributed by atoms with Crippen molar-refractivity contribution < 1.29 is 45.2 Å². The van der Waals surface area contributed by atoms with Gasteiger partial charge in [0.15, 0.2) is 0 Å². The molecule has 0 aliphatic heterocycles. The van der Waals surface area contributed by atoms with E-state index in [4.69, 9.17) is 0 Å². The molecular weight excluding hydrogens is 349 g/mol. The third-order valence-electron chi connectivity index (χ3n) is 2.35. The standard InChI is InChI=1S/C12H8N2.2ClH.Pd/c1-3-9-5-6-11-10(4-2-7-13-11)12(9)14-8-1;;;/h1-8H;2*1H;/q;;;+2/p-2. The Hall–Kier alpha value is -0.718. The molecule has 5 heteroatoms. The molecule has 0 N–H and O–H groups in total. The average molecular weight is 358 g/mol. The van der Waals surface area contributed by atoms with Crippen LogP contribution in [0.15, 0.2) is 48.8 Å². The number of hydrogen-bond donors (Lipinski definition) is 0. The molecule has 0 saturated heterocycles. The number of halogens is 2. The normalized spacial score (nSPS) is 8.94. The van der Waals surface area contributed by atoms with Gasteiger partial charge < -0.3 is 24.8 Å². The van der Waals surface area contributed by atoms with Crippen molar-refractivity contribution in [2.45, 2.75) is 0 Å². The Balaban J connectivity index is 0.000000853. The Bertz CT molecular complexity index is 561. The van der Waals surface area contributed by atoms with E-state index >= 15 is 0 Å². The largest absolute Gasteiger partial charge is 2.00 e. The molecule has 0 atom stereocenters. The zero-order chi connectivity index (χ0) is 9.38. The second-order valence-corrected chi connectivity index (χ2v) is 3.21. The van der Waals surface area contributed by atoms with Crippen molar-refractivity contribution in [1.82, 2.24) is 9.97 Å². The zero-order valence-electron chi connectivity index (χ0n) is 8.59. The molecule has 2 heterocycles. The molecule has 0 spiro atoms. The molecule has 0 bridgehead atoms. The van der Waals surface area contributed by atoms with E-state index in [2.05, 4.69) is 28.2 Å². The summed E-state index contributed by atoms with van der Waals surface area (Å²) in [5.74, 6) is 0. The Morgan fingerprint density at radius 1 is 0.765 bits per heavy atom. The summed E-state index contributed by atoms with van der Waals surface area (Å²) in [6.45, 7) is 0. The third kappa shape index (κ3) is 2.94. The van der Waals surface area contributed by atoms with Crippen LogP contribution in [-0.2, 0) is 20.4 Å². The molecule has 3 aromatic rings. The monoisotopic (exact) mass is 356 g/mol. The van der Waals surface area contributed by atoms with Crippen LogP contribution in [-0.4, -0.2) is 9.97 Å². The first kappa shape index (κ1) is 16.3. The van der Waals surface area contributed by atoms with Crippen LogP contribution in [0.2, 0.25) is 0 Å². The van der Waals surface area contributed by atoms with Gasteiger partial charge in [-0.3, -0.25) is 9.97 Å². The summed E-state index contributed by atoms with van der Waals surface area (Å²) in [7, 11) is 0. The van der Waals surface area contributed by atoms with E-state index in [9.17, 15) is 0 Å². The molecule has 0 aliphatic rings. The first-order valence-corrected chi connectivity index (χ1v) is 4.53. The fourth-order valence-corrected chi connectivity index (χ4v) is 1.70. The maximum Gasteiger partial charge on any atom is 2.00 e. The summed E-state index contributed by atoms with van der Waals surface area (Å²) >= 11 is 0. The van der Waals surface area contributed by atoms with E-state index in [1.807, 2.05) is 24.4 Å². The van der Waals surface area contributed by atoms with Gasteiger partial charge in [0.1, 0.15) is 0 Å². The van der Waals surface area contributed by atoms with Crippen molar-refractivity contribution in [2.75, 3.05) is 0 Å². The van der Waals surface area contributed by atoms with Crippen LogP contribution in [0.3, 0.4) is 0 Å². The van der Waals surface area contributed by atoms with E-state index in [1.165, 1.54) is 0 Å². The molecule has 0 fully saturated rings. The van der Waals surface area contributed by atoms with Crippen molar-refractivity contribution in [1.29, 1.82) is 0 Å². The number of hydrogen-bond acceptors (Lipinski definition) is 2. The van der Waals surface area contributed by atoms with Gasteiger partial charge in [0.2, 0.25) is 0 Å².